The highest BCUT2D eigenvalue weighted by Gasteiger charge is 2.05. The number of aryl methyl sites for hydroxylation is 1. The fourth-order valence-electron chi connectivity index (χ4n) is 2.64. The number of nitrogens with one attached hydrogen (secondary N) is 1. The van der Waals surface area contributed by atoms with Crippen LogP contribution in [0, 0.1) is 0 Å². The highest BCUT2D eigenvalue weighted by atomic mass is 16.5. The first-order chi connectivity index (χ1) is 12.6. The van der Waals surface area contributed by atoms with Gasteiger partial charge in [0.2, 0.25) is 0 Å². The average molecular weight is 354 g/mol. The standard InChI is InChI=1S/C22H30N2O2/c1-24(2)17-16-23-22(25)20-12-14-21(15-13-20)26-18-8-4-7-11-19-9-5-3-6-10-19/h3,5-6,9-10,12-15H,4,7-8,11,16-18H2,1-2H3,(H,23,25). The minimum Gasteiger partial charge on any atom is -0.494 e. The Balaban J connectivity index is 1.60. The number of amides is 1. The number of ether oxygens (including phenoxy) is 1. The maximum Gasteiger partial charge on any atom is 0.251 e. The van der Waals surface area contributed by atoms with Crippen molar-refractivity contribution in [3.05, 3.63) is 65.7 Å². The molecular weight excluding hydrogens is 324 g/mol. The molecule has 0 aliphatic rings. The number of carbonyl (C=O) groups excluding carboxylic acids is 1. The zero-order valence-electron chi connectivity index (χ0n) is 15.9. The Kier molecular flexibility index (Phi) is 8.70. The minimum absolute atomic E-state index is 0.0423. The van der Waals surface area contributed by atoms with E-state index in [0.717, 1.165) is 31.6 Å². The third kappa shape index (κ3) is 7.70. The van der Waals surface area contributed by atoms with Crippen LogP contribution in [0.2, 0.25) is 0 Å². The van der Waals surface area contributed by atoms with Gasteiger partial charge >= 0.3 is 0 Å². The predicted molar refractivity (Wildman–Crippen MR) is 107 cm³/mol. The Bertz CT molecular complexity index is 639. The van der Waals surface area contributed by atoms with Gasteiger partial charge in [-0.25, -0.2) is 0 Å². The molecule has 0 aliphatic heterocycles. The number of unbranched alkanes of at least 4 members (excludes halogenated alkanes) is 2. The fraction of sp³-hybridized carbons (Fsp3) is 0.409. The Morgan fingerprint density at radius 1 is 0.962 bits per heavy atom. The van der Waals surface area contributed by atoms with Crippen LogP contribution in [0.4, 0.5) is 0 Å². The first-order valence-corrected chi connectivity index (χ1v) is 9.35. The van der Waals surface area contributed by atoms with Gasteiger partial charge in [-0.1, -0.05) is 30.3 Å². The molecule has 140 valence electrons. The molecule has 0 unspecified atom stereocenters. The summed E-state index contributed by atoms with van der Waals surface area (Å²) in [5, 5.41) is 2.91. The molecule has 0 saturated carbocycles. The normalized spacial score (nSPS) is 10.7. The van der Waals surface area contributed by atoms with Gasteiger partial charge in [0.25, 0.3) is 5.91 Å². The number of hydrogen-bond donors (Lipinski definition) is 1. The quantitative estimate of drug-likeness (QED) is 0.625. The van der Waals surface area contributed by atoms with E-state index in [1.807, 2.05) is 43.3 Å². The number of carbonyl (C=O) groups is 1. The monoisotopic (exact) mass is 354 g/mol. The summed E-state index contributed by atoms with van der Waals surface area (Å²) in [4.78, 5) is 14.1. The molecular formula is C22H30N2O2. The van der Waals surface area contributed by atoms with E-state index >= 15 is 0 Å². The molecule has 1 amide bonds. The number of hydrogen-bond acceptors (Lipinski definition) is 3. The summed E-state index contributed by atoms with van der Waals surface area (Å²) in [5.41, 5.74) is 2.06. The molecule has 0 saturated heterocycles. The van der Waals surface area contributed by atoms with E-state index < -0.39 is 0 Å². The summed E-state index contributed by atoms with van der Waals surface area (Å²) in [6.45, 7) is 2.19. The van der Waals surface area contributed by atoms with Gasteiger partial charge in [-0.05, 0) is 69.6 Å². The fourth-order valence-corrected chi connectivity index (χ4v) is 2.64. The van der Waals surface area contributed by atoms with Crippen molar-refractivity contribution >= 4 is 5.91 Å². The van der Waals surface area contributed by atoms with Crippen molar-refractivity contribution in [1.29, 1.82) is 0 Å². The molecule has 0 aromatic heterocycles. The highest BCUT2D eigenvalue weighted by Crippen LogP contribution is 2.13. The predicted octanol–water partition coefficient (Wildman–Crippen LogP) is 3.77. The first kappa shape index (κ1) is 20.0. The van der Waals surface area contributed by atoms with Crippen molar-refractivity contribution < 1.29 is 9.53 Å². The van der Waals surface area contributed by atoms with Gasteiger partial charge in [0, 0.05) is 18.7 Å². The molecule has 0 spiro atoms. The molecule has 0 radical (unpaired) electrons. The van der Waals surface area contributed by atoms with E-state index in [4.69, 9.17) is 4.74 Å². The van der Waals surface area contributed by atoms with Crippen LogP contribution < -0.4 is 10.1 Å². The second-order valence-electron chi connectivity index (χ2n) is 6.73. The van der Waals surface area contributed by atoms with Crippen molar-refractivity contribution in [2.45, 2.75) is 25.7 Å². The SMILES string of the molecule is CN(C)CCNC(=O)c1ccc(OCCCCCc2ccccc2)cc1. The minimum atomic E-state index is -0.0423. The lowest BCUT2D eigenvalue weighted by Crippen LogP contribution is -2.31. The largest absolute Gasteiger partial charge is 0.494 e. The molecule has 0 aliphatic carbocycles. The van der Waals surface area contributed by atoms with Crippen LogP contribution in [0.15, 0.2) is 54.6 Å². The van der Waals surface area contributed by atoms with Crippen LogP contribution in [0.1, 0.15) is 35.2 Å². The first-order valence-electron chi connectivity index (χ1n) is 9.35. The number of benzene rings is 2. The van der Waals surface area contributed by atoms with E-state index in [2.05, 4.69) is 35.6 Å². The zero-order chi connectivity index (χ0) is 18.6. The van der Waals surface area contributed by atoms with Gasteiger partial charge in [0.05, 0.1) is 6.61 Å². The summed E-state index contributed by atoms with van der Waals surface area (Å²) in [7, 11) is 3.97. The van der Waals surface area contributed by atoms with Gasteiger partial charge in [0.1, 0.15) is 5.75 Å². The number of rotatable bonds is 11. The van der Waals surface area contributed by atoms with Gasteiger partial charge in [0.15, 0.2) is 0 Å². The zero-order valence-corrected chi connectivity index (χ0v) is 15.9. The summed E-state index contributed by atoms with van der Waals surface area (Å²) in [6, 6.07) is 17.9. The van der Waals surface area contributed by atoms with E-state index in [0.29, 0.717) is 18.7 Å². The van der Waals surface area contributed by atoms with Gasteiger partial charge in [-0.2, -0.15) is 0 Å². The Morgan fingerprint density at radius 3 is 2.38 bits per heavy atom. The Labute approximate surface area is 157 Å². The van der Waals surface area contributed by atoms with Crippen LogP contribution >= 0.6 is 0 Å². The molecule has 0 heterocycles. The smallest absolute Gasteiger partial charge is 0.251 e. The molecule has 0 fully saturated rings. The van der Waals surface area contributed by atoms with Crippen LogP contribution in [0.3, 0.4) is 0 Å². The Morgan fingerprint density at radius 2 is 1.69 bits per heavy atom. The molecule has 2 rings (SSSR count). The lowest BCUT2D eigenvalue weighted by atomic mass is 10.1. The van der Waals surface area contributed by atoms with Crippen LogP contribution in [0.25, 0.3) is 0 Å². The summed E-state index contributed by atoms with van der Waals surface area (Å²) in [6.07, 6.45) is 4.50. The number of nitrogens with zero attached hydrogens (tertiary/aromatic N) is 1. The van der Waals surface area contributed by atoms with Crippen molar-refractivity contribution in [3.63, 3.8) is 0 Å². The third-order valence-electron chi connectivity index (χ3n) is 4.18. The maximum atomic E-state index is 12.0. The average Bonchev–Trinajstić information content (AvgIpc) is 2.65. The van der Waals surface area contributed by atoms with E-state index in [1.165, 1.54) is 12.0 Å². The van der Waals surface area contributed by atoms with E-state index in [-0.39, 0.29) is 5.91 Å². The molecule has 1 N–H and O–H groups in total. The highest BCUT2D eigenvalue weighted by molar-refractivity contribution is 5.94. The van der Waals surface area contributed by atoms with Crippen molar-refractivity contribution in [2.24, 2.45) is 0 Å². The Hall–Kier alpha value is -2.33. The van der Waals surface area contributed by atoms with E-state index in [1.54, 1.807) is 0 Å². The van der Waals surface area contributed by atoms with Crippen LogP contribution in [-0.2, 0) is 6.42 Å². The van der Waals surface area contributed by atoms with Crippen LogP contribution in [-0.4, -0.2) is 44.6 Å². The third-order valence-corrected chi connectivity index (χ3v) is 4.18. The summed E-state index contributed by atoms with van der Waals surface area (Å²) < 4.78 is 5.77. The lowest BCUT2D eigenvalue weighted by Gasteiger charge is -2.11. The maximum absolute atomic E-state index is 12.0. The second kappa shape index (κ2) is 11.3. The molecule has 26 heavy (non-hydrogen) atoms. The molecule has 2 aromatic carbocycles. The molecule has 0 atom stereocenters. The van der Waals surface area contributed by atoms with Crippen molar-refractivity contribution in [3.8, 4) is 5.75 Å². The topological polar surface area (TPSA) is 41.6 Å². The van der Waals surface area contributed by atoms with Gasteiger partial charge in [-0.15, -0.1) is 0 Å². The molecule has 0 bridgehead atoms. The van der Waals surface area contributed by atoms with Crippen molar-refractivity contribution in [2.75, 3.05) is 33.8 Å². The second-order valence-corrected chi connectivity index (χ2v) is 6.73. The lowest BCUT2D eigenvalue weighted by molar-refractivity contribution is 0.0951. The summed E-state index contributed by atoms with van der Waals surface area (Å²) in [5.74, 6) is 0.775. The molecule has 4 heteroatoms. The van der Waals surface area contributed by atoms with E-state index in [9.17, 15) is 4.79 Å². The van der Waals surface area contributed by atoms with Crippen LogP contribution in [0.5, 0.6) is 5.75 Å². The van der Waals surface area contributed by atoms with Crippen molar-refractivity contribution in [1.82, 2.24) is 10.2 Å². The number of likely N-dealkylation sites (N-methyl/N-ethyl adjacent to an activating group) is 1. The molecule has 4 nitrogen and oxygen atoms in total. The van der Waals surface area contributed by atoms with Gasteiger partial charge in [-0.3, -0.25) is 4.79 Å². The summed E-state index contributed by atoms with van der Waals surface area (Å²) >= 11 is 0. The molecule has 2 aromatic rings. The van der Waals surface area contributed by atoms with Gasteiger partial charge < -0.3 is 15.0 Å².